The van der Waals surface area contributed by atoms with Crippen molar-refractivity contribution in [3.05, 3.63) is 35.9 Å². The molecule has 2 heterocycles. The van der Waals surface area contributed by atoms with Crippen LogP contribution in [0.5, 0.6) is 0 Å². The Kier molecular flexibility index (Phi) is 7.31. The molecule has 138 valence electrons. The van der Waals surface area contributed by atoms with Gasteiger partial charge in [0, 0.05) is 25.6 Å². The number of carbonyl (C=O) groups excluding carboxylic acids is 1. The zero-order valence-corrected chi connectivity index (χ0v) is 15.5. The summed E-state index contributed by atoms with van der Waals surface area (Å²) in [6.45, 7) is 7.22. The number of hydrogen-bond acceptors (Lipinski definition) is 3. The van der Waals surface area contributed by atoms with E-state index in [2.05, 4.69) is 45.4 Å². The molecular formula is C21H33N3O. The molecule has 0 radical (unpaired) electrons. The van der Waals surface area contributed by atoms with Gasteiger partial charge in [0.15, 0.2) is 0 Å². The fourth-order valence-electron chi connectivity index (χ4n) is 4.09. The minimum Gasteiger partial charge on any atom is -0.341 e. The number of carbonyl (C=O) groups is 1. The smallest absolute Gasteiger partial charge is 0.225 e. The molecule has 2 saturated heterocycles. The first kappa shape index (κ1) is 18.4. The van der Waals surface area contributed by atoms with Crippen molar-refractivity contribution >= 4 is 5.91 Å². The average Bonchev–Trinajstić information content (AvgIpc) is 3.05. The van der Waals surface area contributed by atoms with Crippen LogP contribution in [0.25, 0.3) is 0 Å². The van der Waals surface area contributed by atoms with Crippen LogP contribution in [0.3, 0.4) is 0 Å². The third kappa shape index (κ3) is 5.82. The van der Waals surface area contributed by atoms with E-state index in [0.29, 0.717) is 5.91 Å². The lowest BCUT2D eigenvalue weighted by Gasteiger charge is -2.26. The second kappa shape index (κ2) is 9.93. The number of benzene rings is 1. The average molecular weight is 344 g/mol. The highest BCUT2D eigenvalue weighted by Crippen LogP contribution is 2.18. The van der Waals surface area contributed by atoms with Crippen molar-refractivity contribution in [1.82, 2.24) is 15.1 Å². The summed E-state index contributed by atoms with van der Waals surface area (Å²) in [6, 6.07) is 10.7. The van der Waals surface area contributed by atoms with Gasteiger partial charge in [0.25, 0.3) is 0 Å². The molecule has 1 atom stereocenters. The van der Waals surface area contributed by atoms with Crippen LogP contribution < -0.4 is 5.32 Å². The van der Waals surface area contributed by atoms with Gasteiger partial charge in [0.1, 0.15) is 0 Å². The SMILES string of the molecule is O=C([C@@H]1CCCNCC1)N1CCCN(CCCc2ccccc2)CC1. The fourth-order valence-corrected chi connectivity index (χ4v) is 4.09. The Hall–Kier alpha value is -1.39. The molecule has 4 nitrogen and oxygen atoms in total. The molecule has 0 spiro atoms. The number of rotatable bonds is 5. The first-order valence-electron chi connectivity index (χ1n) is 10.1. The third-order valence-corrected chi connectivity index (χ3v) is 5.61. The number of hydrogen-bond donors (Lipinski definition) is 1. The van der Waals surface area contributed by atoms with Gasteiger partial charge in [0.05, 0.1) is 0 Å². The predicted octanol–water partition coefficient (Wildman–Crippen LogP) is 2.54. The van der Waals surface area contributed by atoms with Gasteiger partial charge in [-0.2, -0.15) is 0 Å². The summed E-state index contributed by atoms with van der Waals surface area (Å²) in [5, 5.41) is 3.41. The Morgan fingerprint density at radius 3 is 2.76 bits per heavy atom. The van der Waals surface area contributed by atoms with Gasteiger partial charge in [-0.1, -0.05) is 30.3 Å². The van der Waals surface area contributed by atoms with Gasteiger partial charge in [-0.15, -0.1) is 0 Å². The van der Waals surface area contributed by atoms with Crippen LogP contribution in [0.2, 0.25) is 0 Å². The lowest BCUT2D eigenvalue weighted by Crippen LogP contribution is -2.39. The predicted molar refractivity (Wildman–Crippen MR) is 103 cm³/mol. The zero-order valence-electron chi connectivity index (χ0n) is 15.5. The van der Waals surface area contributed by atoms with E-state index in [0.717, 1.165) is 77.9 Å². The van der Waals surface area contributed by atoms with Crippen molar-refractivity contribution in [2.45, 2.75) is 38.5 Å². The van der Waals surface area contributed by atoms with E-state index < -0.39 is 0 Å². The van der Waals surface area contributed by atoms with Crippen molar-refractivity contribution in [3.63, 3.8) is 0 Å². The molecule has 0 aliphatic carbocycles. The van der Waals surface area contributed by atoms with Crippen molar-refractivity contribution < 1.29 is 4.79 Å². The van der Waals surface area contributed by atoms with E-state index in [9.17, 15) is 4.79 Å². The van der Waals surface area contributed by atoms with E-state index in [-0.39, 0.29) is 5.92 Å². The van der Waals surface area contributed by atoms with Crippen molar-refractivity contribution in [3.8, 4) is 0 Å². The summed E-state index contributed by atoms with van der Waals surface area (Å²) < 4.78 is 0. The molecule has 3 rings (SSSR count). The van der Waals surface area contributed by atoms with Gasteiger partial charge in [0.2, 0.25) is 5.91 Å². The first-order chi connectivity index (χ1) is 12.3. The van der Waals surface area contributed by atoms with E-state index in [1.807, 2.05) is 0 Å². The number of nitrogens with one attached hydrogen (secondary N) is 1. The number of nitrogens with zero attached hydrogens (tertiary/aromatic N) is 2. The monoisotopic (exact) mass is 343 g/mol. The highest BCUT2D eigenvalue weighted by atomic mass is 16.2. The van der Waals surface area contributed by atoms with Crippen LogP contribution in [0.1, 0.15) is 37.7 Å². The molecule has 0 unspecified atom stereocenters. The quantitative estimate of drug-likeness (QED) is 0.892. The van der Waals surface area contributed by atoms with E-state index >= 15 is 0 Å². The van der Waals surface area contributed by atoms with Gasteiger partial charge >= 0.3 is 0 Å². The third-order valence-electron chi connectivity index (χ3n) is 5.61. The van der Waals surface area contributed by atoms with E-state index in [1.165, 1.54) is 12.0 Å². The van der Waals surface area contributed by atoms with Crippen molar-refractivity contribution in [2.24, 2.45) is 5.92 Å². The Labute approximate surface area is 152 Å². The summed E-state index contributed by atoms with van der Waals surface area (Å²) in [7, 11) is 0. The Bertz CT molecular complexity index is 511. The number of amides is 1. The maximum Gasteiger partial charge on any atom is 0.225 e. The van der Waals surface area contributed by atoms with Crippen molar-refractivity contribution in [1.29, 1.82) is 0 Å². The topological polar surface area (TPSA) is 35.6 Å². The molecule has 2 fully saturated rings. The van der Waals surface area contributed by atoms with E-state index in [1.54, 1.807) is 0 Å². The molecule has 0 bridgehead atoms. The lowest BCUT2D eigenvalue weighted by atomic mass is 9.99. The highest BCUT2D eigenvalue weighted by molar-refractivity contribution is 5.78. The molecule has 0 saturated carbocycles. The summed E-state index contributed by atoms with van der Waals surface area (Å²) in [5.74, 6) is 0.662. The summed E-state index contributed by atoms with van der Waals surface area (Å²) in [5.41, 5.74) is 1.43. The molecule has 0 aromatic heterocycles. The molecular weight excluding hydrogens is 310 g/mol. The Morgan fingerprint density at radius 1 is 1.00 bits per heavy atom. The first-order valence-corrected chi connectivity index (χ1v) is 10.1. The second-order valence-electron chi connectivity index (χ2n) is 7.49. The highest BCUT2D eigenvalue weighted by Gasteiger charge is 2.26. The maximum absolute atomic E-state index is 12.8. The molecule has 1 aromatic carbocycles. The normalized spacial score (nSPS) is 23.0. The summed E-state index contributed by atoms with van der Waals surface area (Å²) in [6.07, 6.45) is 6.67. The molecule has 1 N–H and O–H groups in total. The van der Waals surface area contributed by atoms with Gasteiger partial charge in [-0.3, -0.25) is 4.79 Å². The van der Waals surface area contributed by atoms with Gasteiger partial charge < -0.3 is 15.1 Å². The van der Waals surface area contributed by atoms with Gasteiger partial charge in [-0.05, 0) is 70.3 Å². The Morgan fingerprint density at radius 2 is 1.88 bits per heavy atom. The largest absolute Gasteiger partial charge is 0.341 e. The standard InChI is InChI=1S/C21H33N3O/c25-21(20-10-4-12-22-13-11-20)24-16-6-15-23(17-18-24)14-5-9-19-7-2-1-3-8-19/h1-3,7-8,20,22H,4-6,9-18H2/t20-/m1/s1. The van der Waals surface area contributed by atoms with Crippen molar-refractivity contribution in [2.75, 3.05) is 45.8 Å². The molecule has 25 heavy (non-hydrogen) atoms. The zero-order chi connectivity index (χ0) is 17.3. The van der Waals surface area contributed by atoms with Crippen LogP contribution >= 0.6 is 0 Å². The van der Waals surface area contributed by atoms with Gasteiger partial charge in [-0.25, -0.2) is 0 Å². The molecule has 1 aromatic rings. The maximum atomic E-state index is 12.8. The lowest BCUT2D eigenvalue weighted by molar-refractivity contribution is -0.135. The second-order valence-corrected chi connectivity index (χ2v) is 7.49. The molecule has 4 heteroatoms. The summed E-state index contributed by atoms with van der Waals surface area (Å²) in [4.78, 5) is 17.5. The minimum atomic E-state index is 0.250. The fraction of sp³-hybridized carbons (Fsp3) is 0.667. The van der Waals surface area contributed by atoms with Crippen LogP contribution in [-0.2, 0) is 11.2 Å². The van der Waals surface area contributed by atoms with Crippen LogP contribution in [0.15, 0.2) is 30.3 Å². The molecule has 2 aliphatic heterocycles. The van der Waals surface area contributed by atoms with E-state index in [4.69, 9.17) is 0 Å². The van der Waals surface area contributed by atoms with Crippen LogP contribution in [-0.4, -0.2) is 61.5 Å². The number of aryl methyl sites for hydroxylation is 1. The summed E-state index contributed by atoms with van der Waals surface area (Å²) >= 11 is 0. The Balaban J connectivity index is 1.41. The van der Waals surface area contributed by atoms with Crippen LogP contribution in [0, 0.1) is 5.92 Å². The minimum absolute atomic E-state index is 0.250. The molecule has 2 aliphatic rings. The van der Waals surface area contributed by atoms with Crippen LogP contribution in [0.4, 0.5) is 0 Å². The molecule has 1 amide bonds.